The molecule has 128 valence electrons. The summed E-state index contributed by atoms with van der Waals surface area (Å²) >= 11 is 5.46. The molecule has 24 heavy (non-hydrogen) atoms. The second-order valence-electron chi connectivity index (χ2n) is 7.74. The fourth-order valence-corrected chi connectivity index (χ4v) is 4.76. The zero-order valence-electron chi connectivity index (χ0n) is 14.8. The number of hydrogen-bond acceptors (Lipinski definition) is 2. The SMILES string of the molecule is CC1(C)C2CCC(C2)C1(C)NC(=S)N/N=C/C=C/c1ccccc1. The standard InChI is InChI=1S/C20H27N3S/c1-19(2)16-11-12-17(14-16)20(19,3)22-18(24)23-21-13-7-10-15-8-5-4-6-9-15/h4-10,13,16-17H,11-12,14H2,1-3H3,(H2,22,23,24)/b10-7+,21-13+. The van der Waals surface area contributed by atoms with Gasteiger partial charge in [-0.25, -0.2) is 0 Å². The Morgan fingerprint density at radius 1 is 1.17 bits per heavy atom. The molecule has 0 aromatic heterocycles. The van der Waals surface area contributed by atoms with Gasteiger partial charge in [-0.1, -0.05) is 50.3 Å². The van der Waals surface area contributed by atoms with Crippen molar-refractivity contribution in [3.8, 4) is 0 Å². The largest absolute Gasteiger partial charge is 0.355 e. The highest BCUT2D eigenvalue weighted by atomic mass is 32.1. The van der Waals surface area contributed by atoms with Crippen LogP contribution in [0.2, 0.25) is 0 Å². The van der Waals surface area contributed by atoms with Gasteiger partial charge in [0.2, 0.25) is 0 Å². The first-order chi connectivity index (χ1) is 11.4. The Hall–Kier alpha value is -1.68. The second-order valence-corrected chi connectivity index (χ2v) is 8.15. The van der Waals surface area contributed by atoms with Gasteiger partial charge in [-0.15, -0.1) is 0 Å². The third kappa shape index (κ3) is 3.12. The molecule has 0 aliphatic heterocycles. The predicted molar refractivity (Wildman–Crippen MR) is 106 cm³/mol. The van der Waals surface area contributed by atoms with Gasteiger partial charge in [0.25, 0.3) is 0 Å². The van der Waals surface area contributed by atoms with Gasteiger partial charge in [0, 0.05) is 11.8 Å². The summed E-state index contributed by atoms with van der Waals surface area (Å²) in [7, 11) is 0. The minimum absolute atomic E-state index is 0.0510. The summed E-state index contributed by atoms with van der Waals surface area (Å²) in [6.45, 7) is 7.07. The number of benzene rings is 1. The van der Waals surface area contributed by atoms with Gasteiger partial charge in [0.05, 0.1) is 0 Å². The Morgan fingerprint density at radius 3 is 2.54 bits per heavy atom. The maximum absolute atomic E-state index is 5.46. The molecule has 2 fully saturated rings. The van der Waals surface area contributed by atoms with E-state index < -0.39 is 0 Å². The fourth-order valence-electron chi connectivity index (χ4n) is 4.50. The van der Waals surface area contributed by atoms with Gasteiger partial charge >= 0.3 is 0 Å². The first-order valence-electron chi connectivity index (χ1n) is 8.76. The van der Waals surface area contributed by atoms with Crippen molar-refractivity contribution < 1.29 is 0 Å². The molecule has 0 spiro atoms. The molecule has 2 saturated carbocycles. The lowest BCUT2D eigenvalue weighted by atomic mass is 9.64. The van der Waals surface area contributed by atoms with E-state index in [0.29, 0.717) is 11.0 Å². The highest BCUT2D eigenvalue weighted by Gasteiger charge is 2.60. The van der Waals surface area contributed by atoms with E-state index in [-0.39, 0.29) is 11.0 Å². The molecule has 1 aromatic rings. The Labute approximate surface area is 150 Å². The third-order valence-corrected chi connectivity index (χ3v) is 6.59. The average Bonchev–Trinajstić information content (AvgIpc) is 3.11. The molecule has 2 bridgehead atoms. The van der Waals surface area contributed by atoms with Crippen molar-refractivity contribution in [2.45, 2.75) is 45.6 Å². The van der Waals surface area contributed by atoms with Crippen molar-refractivity contribution in [3.63, 3.8) is 0 Å². The minimum atomic E-state index is 0.0510. The van der Waals surface area contributed by atoms with Crippen LogP contribution in [0, 0.1) is 17.3 Å². The summed E-state index contributed by atoms with van der Waals surface area (Å²) < 4.78 is 0. The van der Waals surface area contributed by atoms with Crippen molar-refractivity contribution >= 4 is 29.6 Å². The van der Waals surface area contributed by atoms with E-state index in [4.69, 9.17) is 12.2 Å². The van der Waals surface area contributed by atoms with E-state index in [9.17, 15) is 0 Å². The van der Waals surface area contributed by atoms with E-state index in [1.165, 1.54) is 19.3 Å². The highest BCUT2D eigenvalue weighted by Crippen LogP contribution is 2.61. The molecule has 3 rings (SSSR count). The van der Waals surface area contributed by atoms with Crippen molar-refractivity contribution in [1.29, 1.82) is 0 Å². The molecule has 2 N–H and O–H groups in total. The molecular weight excluding hydrogens is 314 g/mol. The number of hydrazone groups is 1. The minimum Gasteiger partial charge on any atom is -0.355 e. The Kier molecular flexibility index (Phi) is 4.77. The molecule has 4 heteroatoms. The number of thiocarbonyl (C=S) groups is 1. The summed E-state index contributed by atoms with van der Waals surface area (Å²) in [5, 5.41) is 8.39. The average molecular weight is 342 g/mol. The van der Waals surface area contributed by atoms with Crippen LogP contribution >= 0.6 is 12.2 Å². The van der Waals surface area contributed by atoms with Crippen molar-refractivity contribution in [2.75, 3.05) is 0 Å². The lowest BCUT2D eigenvalue weighted by Crippen LogP contribution is -2.60. The molecule has 0 saturated heterocycles. The molecule has 1 aromatic carbocycles. The number of hydrogen-bond donors (Lipinski definition) is 2. The summed E-state index contributed by atoms with van der Waals surface area (Å²) in [5.41, 5.74) is 4.42. The van der Waals surface area contributed by atoms with E-state index in [1.807, 2.05) is 30.4 Å². The maximum atomic E-state index is 5.46. The van der Waals surface area contributed by atoms with E-state index in [2.05, 4.69) is 48.7 Å². The van der Waals surface area contributed by atoms with Crippen molar-refractivity contribution in [2.24, 2.45) is 22.4 Å². The smallest absolute Gasteiger partial charge is 0.187 e. The number of nitrogens with one attached hydrogen (secondary N) is 2. The quantitative estimate of drug-likeness (QED) is 0.485. The van der Waals surface area contributed by atoms with Gasteiger partial charge in [0.1, 0.15) is 0 Å². The summed E-state index contributed by atoms with van der Waals surface area (Å²) in [5.74, 6) is 1.51. The van der Waals surface area contributed by atoms with Gasteiger partial charge in [-0.2, -0.15) is 5.10 Å². The Bertz CT molecular complexity index is 650. The van der Waals surface area contributed by atoms with Crippen LogP contribution in [-0.4, -0.2) is 16.9 Å². The third-order valence-electron chi connectivity index (χ3n) is 6.40. The van der Waals surface area contributed by atoms with E-state index in [0.717, 1.165) is 11.5 Å². The van der Waals surface area contributed by atoms with E-state index >= 15 is 0 Å². The van der Waals surface area contributed by atoms with Crippen LogP contribution in [-0.2, 0) is 0 Å². The summed E-state index contributed by atoms with van der Waals surface area (Å²) in [6.07, 6.45) is 9.65. The number of fused-ring (bicyclic) bond motifs is 2. The summed E-state index contributed by atoms with van der Waals surface area (Å²) in [4.78, 5) is 0. The zero-order chi connectivity index (χ0) is 17.2. The van der Waals surface area contributed by atoms with Crippen LogP contribution in [0.25, 0.3) is 6.08 Å². The molecule has 2 aliphatic rings. The van der Waals surface area contributed by atoms with Gasteiger partial charge in [-0.3, -0.25) is 5.43 Å². The lowest BCUT2D eigenvalue weighted by molar-refractivity contribution is 0.0833. The maximum Gasteiger partial charge on any atom is 0.187 e. The number of nitrogens with zero attached hydrogens (tertiary/aromatic N) is 1. The molecule has 3 atom stereocenters. The number of allylic oxidation sites excluding steroid dienone is 1. The predicted octanol–water partition coefficient (Wildman–Crippen LogP) is 4.36. The van der Waals surface area contributed by atoms with Crippen LogP contribution in [0.5, 0.6) is 0 Å². The van der Waals surface area contributed by atoms with Crippen LogP contribution in [0.1, 0.15) is 45.6 Å². The van der Waals surface area contributed by atoms with Crippen LogP contribution in [0.4, 0.5) is 0 Å². The molecular formula is C20H27N3S. The highest BCUT2D eigenvalue weighted by molar-refractivity contribution is 7.80. The van der Waals surface area contributed by atoms with E-state index in [1.54, 1.807) is 6.21 Å². The first kappa shape index (κ1) is 17.2. The fraction of sp³-hybridized carbons (Fsp3) is 0.500. The Morgan fingerprint density at radius 2 is 1.88 bits per heavy atom. The molecule has 0 amide bonds. The summed E-state index contributed by atoms with van der Waals surface area (Å²) in [6, 6.07) is 10.2. The monoisotopic (exact) mass is 341 g/mol. The molecule has 2 aliphatic carbocycles. The molecule has 3 unspecified atom stereocenters. The number of rotatable bonds is 4. The molecule has 3 nitrogen and oxygen atoms in total. The zero-order valence-corrected chi connectivity index (χ0v) is 15.6. The first-order valence-corrected chi connectivity index (χ1v) is 9.17. The van der Waals surface area contributed by atoms with Gasteiger partial charge < -0.3 is 5.32 Å². The topological polar surface area (TPSA) is 36.4 Å². The Balaban J connectivity index is 1.53. The normalized spacial score (nSPS) is 31.0. The second kappa shape index (κ2) is 6.67. The van der Waals surface area contributed by atoms with Crippen LogP contribution in [0.15, 0.2) is 41.5 Å². The van der Waals surface area contributed by atoms with Gasteiger partial charge in [-0.05, 0) is 67.3 Å². The van der Waals surface area contributed by atoms with Crippen molar-refractivity contribution in [3.05, 3.63) is 42.0 Å². The van der Waals surface area contributed by atoms with Crippen molar-refractivity contribution in [1.82, 2.24) is 10.7 Å². The van der Waals surface area contributed by atoms with Crippen LogP contribution < -0.4 is 10.7 Å². The molecule has 0 radical (unpaired) electrons. The van der Waals surface area contributed by atoms with Gasteiger partial charge in [0.15, 0.2) is 5.11 Å². The van der Waals surface area contributed by atoms with Crippen LogP contribution in [0.3, 0.4) is 0 Å². The molecule has 0 heterocycles. The lowest BCUT2D eigenvalue weighted by Gasteiger charge is -2.48.